The first kappa shape index (κ1) is 16.3. The van der Waals surface area contributed by atoms with Gasteiger partial charge in [0, 0.05) is 17.6 Å². The minimum absolute atomic E-state index is 0.0393. The first-order valence-corrected chi connectivity index (χ1v) is 7.28. The number of hydrogen-bond acceptors (Lipinski definition) is 2. The van der Waals surface area contributed by atoms with Crippen molar-refractivity contribution in [2.24, 2.45) is 0 Å². The fraction of sp³-hybridized carbons (Fsp3) is 0.500. The molecule has 1 saturated heterocycles. The average Bonchev–Trinajstić information content (AvgIpc) is 2.36. The molecule has 116 valence electrons. The van der Waals surface area contributed by atoms with Gasteiger partial charge in [0.2, 0.25) is 0 Å². The summed E-state index contributed by atoms with van der Waals surface area (Å²) in [5.74, 6) is -0.507. The van der Waals surface area contributed by atoms with Gasteiger partial charge in [0.15, 0.2) is 0 Å². The zero-order valence-electron chi connectivity index (χ0n) is 11.4. The molecule has 1 amide bonds. The highest BCUT2D eigenvalue weighted by atomic mass is 79.9. The molecule has 1 heterocycles. The molecule has 0 spiro atoms. The molecule has 1 N–H and O–H groups in total. The number of carbonyl (C=O) groups excluding carboxylic acids is 1. The van der Waals surface area contributed by atoms with E-state index in [0.29, 0.717) is 23.9 Å². The monoisotopic (exact) mass is 365 g/mol. The number of alkyl halides is 3. The van der Waals surface area contributed by atoms with Crippen LogP contribution in [0.25, 0.3) is 0 Å². The van der Waals surface area contributed by atoms with E-state index in [-0.39, 0.29) is 12.1 Å². The van der Waals surface area contributed by atoms with E-state index in [1.807, 2.05) is 0 Å². The van der Waals surface area contributed by atoms with Crippen LogP contribution in [0.2, 0.25) is 0 Å². The van der Waals surface area contributed by atoms with Gasteiger partial charge in [0.05, 0.1) is 16.7 Å². The summed E-state index contributed by atoms with van der Waals surface area (Å²) in [6, 6.07) is 2.99. The second-order valence-electron chi connectivity index (χ2n) is 5.52. The Morgan fingerprint density at radius 1 is 1.43 bits per heavy atom. The molecule has 1 atom stereocenters. The first-order chi connectivity index (χ1) is 9.60. The van der Waals surface area contributed by atoms with Crippen LogP contribution in [0.3, 0.4) is 0 Å². The lowest BCUT2D eigenvalue weighted by atomic mass is 9.94. The zero-order chi connectivity index (χ0) is 15.8. The number of aliphatic hydroxyl groups is 1. The molecule has 1 aliphatic heterocycles. The van der Waals surface area contributed by atoms with Crippen LogP contribution in [-0.4, -0.2) is 34.6 Å². The van der Waals surface area contributed by atoms with Crippen molar-refractivity contribution in [1.29, 1.82) is 0 Å². The number of likely N-dealkylation sites (tertiary alicyclic amines) is 1. The van der Waals surface area contributed by atoms with Gasteiger partial charge < -0.3 is 10.0 Å². The number of hydrogen-bond donors (Lipinski definition) is 1. The maximum absolute atomic E-state index is 12.7. The molecule has 2 rings (SSSR count). The van der Waals surface area contributed by atoms with Crippen LogP contribution in [0.4, 0.5) is 13.2 Å². The second kappa shape index (κ2) is 5.61. The molecule has 1 unspecified atom stereocenters. The van der Waals surface area contributed by atoms with Gasteiger partial charge in [0.1, 0.15) is 0 Å². The fourth-order valence-electron chi connectivity index (χ4n) is 2.43. The number of β-amino-alcohol motifs (C(OH)–C–C–N with tert-alkyl or cyclic N) is 1. The van der Waals surface area contributed by atoms with E-state index in [0.717, 1.165) is 12.1 Å². The van der Waals surface area contributed by atoms with E-state index in [4.69, 9.17) is 0 Å². The second-order valence-corrected chi connectivity index (χ2v) is 6.37. The fourth-order valence-corrected chi connectivity index (χ4v) is 2.85. The predicted octanol–water partition coefficient (Wildman–Crippen LogP) is 3.45. The van der Waals surface area contributed by atoms with Gasteiger partial charge >= 0.3 is 6.18 Å². The molecule has 3 nitrogen and oxygen atoms in total. The topological polar surface area (TPSA) is 40.5 Å². The van der Waals surface area contributed by atoms with Gasteiger partial charge in [-0.25, -0.2) is 0 Å². The lowest BCUT2D eigenvalue weighted by molar-refractivity contribution is -0.137. The van der Waals surface area contributed by atoms with Crippen molar-refractivity contribution in [1.82, 2.24) is 4.90 Å². The minimum atomic E-state index is -4.50. The standard InChI is InChI=1S/C14H15BrF3NO2/c1-13(21)5-2-6-19(8-13)12(20)10-7-9(14(16,17)18)3-4-11(10)15/h3-4,7,21H,2,5-6,8H2,1H3. The third-order valence-corrected chi connectivity index (χ3v) is 4.18. The van der Waals surface area contributed by atoms with Crippen LogP contribution in [-0.2, 0) is 6.18 Å². The Hall–Kier alpha value is -1.08. The van der Waals surface area contributed by atoms with Crippen LogP contribution in [0.15, 0.2) is 22.7 Å². The molecule has 1 aromatic carbocycles. The summed E-state index contributed by atoms with van der Waals surface area (Å²) in [7, 11) is 0. The van der Waals surface area contributed by atoms with Crippen LogP contribution < -0.4 is 0 Å². The van der Waals surface area contributed by atoms with Crippen LogP contribution in [0, 0.1) is 0 Å². The maximum atomic E-state index is 12.7. The van der Waals surface area contributed by atoms with Crippen molar-refractivity contribution >= 4 is 21.8 Å². The average molecular weight is 366 g/mol. The van der Waals surface area contributed by atoms with Crippen LogP contribution >= 0.6 is 15.9 Å². The number of rotatable bonds is 1. The SMILES string of the molecule is CC1(O)CCCN(C(=O)c2cc(C(F)(F)F)ccc2Br)C1. The Morgan fingerprint density at radius 2 is 2.10 bits per heavy atom. The van der Waals surface area contributed by atoms with Crippen molar-refractivity contribution in [3.8, 4) is 0 Å². The minimum Gasteiger partial charge on any atom is -0.388 e. The molecule has 7 heteroatoms. The third-order valence-electron chi connectivity index (χ3n) is 3.49. The van der Waals surface area contributed by atoms with Gasteiger partial charge in [-0.15, -0.1) is 0 Å². The van der Waals surface area contributed by atoms with Crippen LogP contribution in [0.5, 0.6) is 0 Å². The number of carbonyl (C=O) groups is 1. The summed E-state index contributed by atoms with van der Waals surface area (Å²) < 4.78 is 38.6. The molecular formula is C14H15BrF3NO2. The zero-order valence-corrected chi connectivity index (χ0v) is 13.0. The van der Waals surface area contributed by atoms with E-state index >= 15 is 0 Å². The number of halogens is 4. The molecule has 1 aliphatic rings. The van der Waals surface area contributed by atoms with Gasteiger partial charge in [-0.1, -0.05) is 0 Å². The summed E-state index contributed by atoms with van der Waals surface area (Å²) in [5, 5.41) is 10.0. The van der Waals surface area contributed by atoms with Gasteiger partial charge in [-0.2, -0.15) is 13.2 Å². The highest BCUT2D eigenvalue weighted by Crippen LogP contribution is 2.33. The van der Waals surface area contributed by atoms with E-state index in [9.17, 15) is 23.1 Å². The lowest BCUT2D eigenvalue weighted by Gasteiger charge is -2.37. The molecule has 1 fully saturated rings. The Morgan fingerprint density at radius 3 is 2.67 bits per heavy atom. The maximum Gasteiger partial charge on any atom is 0.416 e. The van der Waals surface area contributed by atoms with Crippen molar-refractivity contribution < 1.29 is 23.1 Å². The molecule has 0 aliphatic carbocycles. The van der Waals surface area contributed by atoms with Gasteiger partial charge in [-0.3, -0.25) is 4.79 Å². The Balaban J connectivity index is 2.30. The Kier molecular flexibility index (Phi) is 4.35. The number of nitrogens with zero attached hydrogens (tertiary/aromatic N) is 1. The Labute approximate surface area is 128 Å². The molecule has 0 saturated carbocycles. The highest BCUT2D eigenvalue weighted by molar-refractivity contribution is 9.10. The number of piperidine rings is 1. The van der Waals surface area contributed by atoms with Gasteiger partial charge in [0.25, 0.3) is 5.91 Å². The summed E-state index contributed by atoms with van der Waals surface area (Å²) in [6.07, 6.45) is -3.31. The van der Waals surface area contributed by atoms with E-state index < -0.39 is 23.2 Å². The molecular weight excluding hydrogens is 351 g/mol. The van der Waals surface area contributed by atoms with Crippen molar-refractivity contribution in [3.63, 3.8) is 0 Å². The van der Waals surface area contributed by atoms with E-state index in [1.165, 1.54) is 11.0 Å². The van der Waals surface area contributed by atoms with Crippen molar-refractivity contribution in [2.45, 2.75) is 31.5 Å². The van der Waals surface area contributed by atoms with Gasteiger partial charge in [-0.05, 0) is 53.9 Å². The quantitative estimate of drug-likeness (QED) is 0.827. The molecule has 0 aromatic heterocycles. The van der Waals surface area contributed by atoms with Crippen LogP contribution in [0.1, 0.15) is 35.7 Å². The number of benzene rings is 1. The summed E-state index contributed by atoms with van der Waals surface area (Å²) in [6.45, 7) is 2.17. The molecule has 1 aromatic rings. The molecule has 0 bridgehead atoms. The summed E-state index contributed by atoms with van der Waals surface area (Å²) >= 11 is 3.12. The summed E-state index contributed by atoms with van der Waals surface area (Å²) in [4.78, 5) is 13.8. The highest BCUT2D eigenvalue weighted by Gasteiger charge is 2.34. The third kappa shape index (κ3) is 3.77. The summed E-state index contributed by atoms with van der Waals surface area (Å²) in [5.41, 5.74) is -1.90. The largest absolute Gasteiger partial charge is 0.416 e. The normalized spacial score (nSPS) is 23.2. The Bertz CT molecular complexity index is 558. The van der Waals surface area contributed by atoms with Crippen molar-refractivity contribution in [2.75, 3.05) is 13.1 Å². The first-order valence-electron chi connectivity index (χ1n) is 6.48. The molecule has 21 heavy (non-hydrogen) atoms. The smallest absolute Gasteiger partial charge is 0.388 e. The lowest BCUT2D eigenvalue weighted by Crippen LogP contribution is -2.48. The van der Waals surface area contributed by atoms with E-state index in [1.54, 1.807) is 6.92 Å². The number of amides is 1. The molecule has 0 radical (unpaired) electrons. The van der Waals surface area contributed by atoms with Crippen molar-refractivity contribution in [3.05, 3.63) is 33.8 Å². The predicted molar refractivity (Wildman–Crippen MR) is 74.9 cm³/mol. The van der Waals surface area contributed by atoms with E-state index in [2.05, 4.69) is 15.9 Å².